The summed E-state index contributed by atoms with van der Waals surface area (Å²) in [5.41, 5.74) is 3.58. The highest BCUT2D eigenvalue weighted by Gasteiger charge is 2.46. The van der Waals surface area contributed by atoms with Gasteiger partial charge in [-0.1, -0.05) is 38.1 Å². The number of halogens is 3. The fourth-order valence-corrected chi connectivity index (χ4v) is 3.09. The lowest BCUT2D eigenvalue weighted by molar-refractivity contribution is -0.173. The monoisotopic (exact) mass is 367 g/mol. The average Bonchev–Trinajstić information content (AvgIpc) is 3.03. The van der Waals surface area contributed by atoms with Crippen LogP contribution in [0.1, 0.15) is 59.9 Å². The van der Waals surface area contributed by atoms with E-state index in [1.54, 1.807) is 0 Å². The lowest BCUT2D eigenvalue weighted by Crippen LogP contribution is -2.36. The lowest BCUT2D eigenvalue weighted by atomic mass is 9.94. The lowest BCUT2D eigenvalue weighted by Gasteiger charge is -2.33. The van der Waals surface area contributed by atoms with E-state index in [-0.39, 0.29) is 17.9 Å². The molecular formula is C17H20F3N5O. The number of nitrogen functional groups attached to an aromatic ring is 1. The number of aromatic nitrogens is 2. The summed E-state index contributed by atoms with van der Waals surface area (Å²) >= 11 is 0. The summed E-state index contributed by atoms with van der Waals surface area (Å²) in [5, 5.41) is 6.82. The number of amides is 1. The summed E-state index contributed by atoms with van der Waals surface area (Å²) in [6.07, 6.45) is -4.71. The van der Waals surface area contributed by atoms with E-state index in [2.05, 4.69) is 24.3 Å². The van der Waals surface area contributed by atoms with E-state index in [0.29, 0.717) is 5.92 Å². The minimum atomic E-state index is -4.49. The zero-order valence-electron chi connectivity index (χ0n) is 14.3. The summed E-state index contributed by atoms with van der Waals surface area (Å²) in [4.78, 5) is 11.6. The van der Waals surface area contributed by atoms with Crippen molar-refractivity contribution in [2.75, 3.05) is 5.32 Å². The first-order chi connectivity index (χ1) is 12.2. The summed E-state index contributed by atoms with van der Waals surface area (Å²) in [7, 11) is 0. The van der Waals surface area contributed by atoms with Gasteiger partial charge < -0.3 is 5.32 Å². The van der Waals surface area contributed by atoms with Crippen LogP contribution in [0.4, 0.5) is 19.0 Å². The summed E-state index contributed by atoms with van der Waals surface area (Å²) < 4.78 is 41.5. The first-order valence-corrected chi connectivity index (χ1v) is 8.24. The molecule has 9 heteroatoms. The molecular weight excluding hydrogens is 347 g/mol. The zero-order chi connectivity index (χ0) is 19.1. The molecule has 0 unspecified atom stereocenters. The Morgan fingerprint density at radius 2 is 2.00 bits per heavy atom. The van der Waals surface area contributed by atoms with Crippen molar-refractivity contribution in [2.24, 2.45) is 5.84 Å². The standard InChI is InChI=1S/C17H20F3N5O/c1-9(2)10-3-5-11(6-4-10)12-7-14(17(18,19)20)25-15(22-12)8-13(24-25)16(26)23-21/h3-6,8-9,12,14,22H,7,21H2,1-2H3,(H,23,26)/t12-,14-/m1/s1. The van der Waals surface area contributed by atoms with Crippen molar-refractivity contribution in [2.45, 2.75) is 44.4 Å². The third-order valence-corrected chi connectivity index (χ3v) is 4.56. The molecule has 0 aliphatic carbocycles. The molecule has 2 aromatic rings. The largest absolute Gasteiger partial charge is 0.410 e. The molecule has 0 bridgehead atoms. The van der Waals surface area contributed by atoms with E-state index in [1.807, 2.05) is 29.7 Å². The van der Waals surface area contributed by atoms with E-state index in [1.165, 1.54) is 6.07 Å². The van der Waals surface area contributed by atoms with E-state index in [4.69, 9.17) is 5.84 Å². The number of alkyl halides is 3. The second-order valence-electron chi connectivity index (χ2n) is 6.64. The molecule has 4 N–H and O–H groups in total. The molecule has 3 rings (SSSR count). The molecule has 140 valence electrons. The van der Waals surface area contributed by atoms with Gasteiger partial charge in [-0.3, -0.25) is 10.2 Å². The maximum atomic E-state index is 13.6. The van der Waals surface area contributed by atoms with Gasteiger partial charge in [0.05, 0.1) is 6.04 Å². The van der Waals surface area contributed by atoms with Gasteiger partial charge in [0.1, 0.15) is 5.82 Å². The predicted octanol–water partition coefficient (Wildman–Crippen LogP) is 3.27. The highest BCUT2D eigenvalue weighted by molar-refractivity contribution is 5.92. The Morgan fingerprint density at radius 3 is 2.54 bits per heavy atom. The number of nitrogens with zero attached hydrogens (tertiary/aromatic N) is 2. The van der Waals surface area contributed by atoms with E-state index in [0.717, 1.165) is 15.8 Å². The van der Waals surface area contributed by atoms with Crippen LogP contribution in [0.15, 0.2) is 30.3 Å². The normalized spacial score (nSPS) is 19.8. The van der Waals surface area contributed by atoms with Crippen LogP contribution in [0.2, 0.25) is 0 Å². The molecule has 0 fully saturated rings. The average molecular weight is 367 g/mol. The van der Waals surface area contributed by atoms with Crippen LogP contribution < -0.4 is 16.6 Å². The van der Waals surface area contributed by atoms with Crippen LogP contribution in [0, 0.1) is 0 Å². The van der Waals surface area contributed by atoms with Crippen molar-refractivity contribution in [1.29, 1.82) is 0 Å². The molecule has 26 heavy (non-hydrogen) atoms. The molecule has 0 saturated heterocycles. The van der Waals surface area contributed by atoms with Gasteiger partial charge in [-0.2, -0.15) is 18.3 Å². The molecule has 6 nitrogen and oxygen atoms in total. The van der Waals surface area contributed by atoms with Gasteiger partial charge in [0, 0.05) is 12.5 Å². The number of hydrogen-bond donors (Lipinski definition) is 3. The SMILES string of the molecule is CC(C)c1ccc([C@H]2C[C@H](C(F)(F)F)n3nc(C(=O)NN)cc3N2)cc1. The Kier molecular flexibility index (Phi) is 4.66. The van der Waals surface area contributed by atoms with Gasteiger partial charge in [-0.25, -0.2) is 10.5 Å². The Hall–Kier alpha value is -2.55. The van der Waals surface area contributed by atoms with Crippen LogP contribution in [-0.4, -0.2) is 21.9 Å². The smallest absolute Gasteiger partial charge is 0.363 e. The maximum Gasteiger partial charge on any atom is 0.410 e. The maximum absolute atomic E-state index is 13.6. The van der Waals surface area contributed by atoms with Gasteiger partial charge in [0.15, 0.2) is 11.7 Å². The second-order valence-corrected chi connectivity index (χ2v) is 6.64. The summed E-state index contributed by atoms with van der Waals surface area (Å²) in [6.45, 7) is 4.10. The van der Waals surface area contributed by atoms with Crippen molar-refractivity contribution >= 4 is 11.7 Å². The van der Waals surface area contributed by atoms with Crippen molar-refractivity contribution in [3.8, 4) is 0 Å². The number of carbonyl (C=O) groups is 1. The van der Waals surface area contributed by atoms with Crippen LogP contribution in [-0.2, 0) is 0 Å². The Balaban J connectivity index is 1.96. The van der Waals surface area contributed by atoms with Crippen molar-refractivity contribution in [1.82, 2.24) is 15.2 Å². The fraction of sp³-hybridized carbons (Fsp3) is 0.412. The molecule has 2 heterocycles. The van der Waals surface area contributed by atoms with E-state index < -0.39 is 24.2 Å². The quantitative estimate of drug-likeness (QED) is 0.442. The summed E-state index contributed by atoms with van der Waals surface area (Å²) in [5.74, 6) is 4.78. The minimum Gasteiger partial charge on any atom is -0.363 e. The molecule has 0 saturated carbocycles. The molecule has 0 spiro atoms. The first kappa shape index (κ1) is 18.2. The van der Waals surface area contributed by atoms with Crippen LogP contribution in [0.3, 0.4) is 0 Å². The molecule has 1 aliphatic rings. The van der Waals surface area contributed by atoms with Crippen molar-refractivity contribution in [3.63, 3.8) is 0 Å². The minimum absolute atomic E-state index is 0.134. The summed E-state index contributed by atoms with van der Waals surface area (Å²) in [6, 6.07) is 6.41. The number of nitrogens with two attached hydrogens (primary N) is 1. The van der Waals surface area contributed by atoms with Gasteiger partial charge >= 0.3 is 6.18 Å². The molecule has 1 aromatic heterocycles. The molecule has 2 atom stereocenters. The topological polar surface area (TPSA) is 85.0 Å². The number of hydrogen-bond acceptors (Lipinski definition) is 4. The first-order valence-electron chi connectivity index (χ1n) is 8.24. The van der Waals surface area contributed by atoms with Gasteiger partial charge in [-0.05, 0) is 17.0 Å². The Labute approximate surface area is 148 Å². The highest BCUT2D eigenvalue weighted by Crippen LogP contribution is 2.43. The third-order valence-electron chi connectivity index (χ3n) is 4.56. The Morgan fingerprint density at radius 1 is 1.35 bits per heavy atom. The number of anilines is 1. The zero-order valence-corrected chi connectivity index (χ0v) is 14.3. The molecule has 1 aliphatic heterocycles. The van der Waals surface area contributed by atoms with Gasteiger partial charge in [-0.15, -0.1) is 0 Å². The number of nitrogens with one attached hydrogen (secondary N) is 2. The second kappa shape index (κ2) is 6.64. The van der Waals surface area contributed by atoms with Crippen molar-refractivity contribution in [3.05, 3.63) is 47.2 Å². The van der Waals surface area contributed by atoms with Crippen LogP contribution in [0.25, 0.3) is 0 Å². The Bertz CT molecular complexity index is 798. The van der Waals surface area contributed by atoms with Crippen LogP contribution in [0.5, 0.6) is 0 Å². The van der Waals surface area contributed by atoms with Gasteiger partial charge in [0.25, 0.3) is 5.91 Å². The number of rotatable bonds is 3. The van der Waals surface area contributed by atoms with Gasteiger partial charge in [0.2, 0.25) is 0 Å². The van der Waals surface area contributed by atoms with E-state index >= 15 is 0 Å². The number of carbonyl (C=O) groups excluding carboxylic acids is 1. The number of hydrazine groups is 1. The third kappa shape index (κ3) is 3.39. The number of fused-ring (bicyclic) bond motifs is 1. The fourth-order valence-electron chi connectivity index (χ4n) is 3.09. The van der Waals surface area contributed by atoms with E-state index in [9.17, 15) is 18.0 Å². The molecule has 1 aromatic carbocycles. The number of benzene rings is 1. The predicted molar refractivity (Wildman–Crippen MR) is 90.5 cm³/mol. The van der Waals surface area contributed by atoms with Crippen molar-refractivity contribution < 1.29 is 18.0 Å². The highest BCUT2D eigenvalue weighted by atomic mass is 19.4. The van der Waals surface area contributed by atoms with Crippen LogP contribution >= 0.6 is 0 Å². The molecule has 1 amide bonds. The molecule has 0 radical (unpaired) electrons.